The summed E-state index contributed by atoms with van der Waals surface area (Å²) >= 11 is 0. The molecule has 0 heterocycles. The second kappa shape index (κ2) is 7.00. The van der Waals surface area contributed by atoms with Gasteiger partial charge in [0, 0.05) is 12.6 Å². The third kappa shape index (κ3) is 4.66. The molecule has 3 nitrogen and oxygen atoms in total. The summed E-state index contributed by atoms with van der Waals surface area (Å²) in [6.45, 7) is 7.37. The summed E-state index contributed by atoms with van der Waals surface area (Å²) < 4.78 is 0. The zero-order valence-corrected chi connectivity index (χ0v) is 11.5. The summed E-state index contributed by atoms with van der Waals surface area (Å²) in [6.07, 6.45) is 5.54. The molecule has 1 saturated carbocycles. The van der Waals surface area contributed by atoms with Crippen molar-refractivity contribution in [1.29, 1.82) is 0 Å². The first kappa shape index (κ1) is 14.5. The van der Waals surface area contributed by atoms with E-state index < -0.39 is 0 Å². The quantitative estimate of drug-likeness (QED) is 0.725. The van der Waals surface area contributed by atoms with E-state index in [4.69, 9.17) is 5.73 Å². The maximum atomic E-state index is 12.1. The van der Waals surface area contributed by atoms with Gasteiger partial charge in [0.15, 0.2) is 0 Å². The Balaban J connectivity index is 2.30. The fourth-order valence-electron chi connectivity index (χ4n) is 2.75. The van der Waals surface area contributed by atoms with Gasteiger partial charge in [-0.15, -0.1) is 0 Å². The van der Waals surface area contributed by atoms with Crippen LogP contribution in [0.2, 0.25) is 0 Å². The van der Waals surface area contributed by atoms with Crippen molar-refractivity contribution in [3.63, 3.8) is 0 Å². The van der Waals surface area contributed by atoms with Crippen LogP contribution in [0.3, 0.4) is 0 Å². The number of nitrogens with two attached hydrogens (primary N) is 1. The van der Waals surface area contributed by atoms with E-state index >= 15 is 0 Å². The molecule has 0 aromatic carbocycles. The van der Waals surface area contributed by atoms with Crippen molar-refractivity contribution in [2.75, 3.05) is 6.54 Å². The van der Waals surface area contributed by atoms with Gasteiger partial charge in [-0.2, -0.15) is 0 Å². The van der Waals surface area contributed by atoms with Gasteiger partial charge >= 0.3 is 0 Å². The van der Waals surface area contributed by atoms with E-state index in [0.29, 0.717) is 11.8 Å². The third-order valence-electron chi connectivity index (χ3n) is 3.83. The lowest BCUT2D eigenvalue weighted by Crippen LogP contribution is -2.47. The minimum absolute atomic E-state index is 0.0304. The average Bonchev–Trinajstić information content (AvgIpc) is 2.24. The summed E-state index contributed by atoms with van der Waals surface area (Å²) in [7, 11) is 0. The Morgan fingerprint density at radius 1 is 1.41 bits per heavy atom. The lowest BCUT2D eigenvalue weighted by molar-refractivity contribution is -0.128. The van der Waals surface area contributed by atoms with Crippen LogP contribution >= 0.6 is 0 Å². The second-order valence-corrected chi connectivity index (χ2v) is 5.92. The van der Waals surface area contributed by atoms with Gasteiger partial charge < -0.3 is 11.1 Å². The van der Waals surface area contributed by atoms with E-state index in [0.717, 1.165) is 25.8 Å². The molecule has 17 heavy (non-hydrogen) atoms. The number of carbonyl (C=O) groups excluding carboxylic acids is 1. The number of rotatable bonds is 5. The van der Waals surface area contributed by atoms with Gasteiger partial charge in [0.1, 0.15) is 0 Å². The topological polar surface area (TPSA) is 55.1 Å². The smallest absolute Gasteiger partial charge is 0.224 e. The van der Waals surface area contributed by atoms with Gasteiger partial charge in [0.25, 0.3) is 0 Å². The Hall–Kier alpha value is -0.570. The Bertz CT molecular complexity index is 230. The highest BCUT2D eigenvalue weighted by atomic mass is 16.1. The van der Waals surface area contributed by atoms with Gasteiger partial charge in [-0.05, 0) is 37.5 Å². The first-order valence-electron chi connectivity index (χ1n) is 7.05. The molecule has 100 valence electrons. The molecule has 0 spiro atoms. The van der Waals surface area contributed by atoms with Crippen molar-refractivity contribution in [3.8, 4) is 0 Å². The molecule has 3 N–H and O–H groups in total. The molecule has 1 rings (SSSR count). The van der Waals surface area contributed by atoms with E-state index in [2.05, 4.69) is 26.1 Å². The summed E-state index contributed by atoms with van der Waals surface area (Å²) in [5.74, 6) is 1.35. The zero-order chi connectivity index (χ0) is 12.8. The molecule has 3 unspecified atom stereocenters. The van der Waals surface area contributed by atoms with E-state index in [-0.39, 0.29) is 17.9 Å². The molecule has 0 aromatic heterocycles. The molecule has 1 aliphatic rings. The number of nitrogens with one attached hydrogen (secondary N) is 1. The largest absolute Gasteiger partial charge is 0.356 e. The molecule has 0 radical (unpaired) electrons. The van der Waals surface area contributed by atoms with Crippen molar-refractivity contribution in [1.82, 2.24) is 5.32 Å². The molecule has 0 bridgehead atoms. The first-order valence-corrected chi connectivity index (χ1v) is 7.05. The van der Waals surface area contributed by atoms with Gasteiger partial charge in [-0.1, -0.05) is 27.2 Å². The van der Waals surface area contributed by atoms with Crippen LogP contribution in [0.15, 0.2) is 0 Å². The highest BCUT2D eigenvalue weighted by Gasteiger charge is 2.33. The normalized spacial score (nSPS) is 29.4. The number of amides is 1. The Morgan fingerprint density at radius 2 is 2.12 bits per heavy atom. The summed E-state index contributed by atoms with van der Waals surface area (Å²) in [4.78, 5) is 12.1. The van der Waals surface area contributed by atoms with Crippen LogP contribution in [0.25, 0.3) is 0 Å². The second-order valence-electron chi connectivity index (χ2n) is 5.92. The number of hydrogen-bond donors (Lipinski definition) is 2. The summed E-state index contributed by atoms with van der Waals surface area (Å²) in [5, 5.41) is 3.05. The molecule has 3 heteroatoms. The van der Waals surface area contributed by atoms with Crippen LogP contribution in [0, 0.1) is 17.8 Å². The molecule has 1 fully saturated rings. The zero-order valence-electron chi connectivity index (χ0n) is 11.5. The lowest BCUT2D eigenvalue weighted by Gasteiger charge is -2.33. The molecule has 1 amide bonds. The Kier molecular flexibility index (Phi) is 5.96. The van der Waals surface area contributed by atoms with Crippen LogP contribution < -0.4 is 11.1 Å². The van der Waals surface area contributed by atoms with Gasteiger partial charge in [0.05, 0.1) is 5.92 Å². The molecular weight excluding hydrogens is 212 g/mol. The monoisotopic (exact) mass is 240 g/mol. The molecule has 0 aliphatic heterocycles. The predicted octanol–water partition coefficient (Wildman–Crippen LogP) is 2.30. The van der Waals surface area contributed by atoms with Gasteiger partial charge in [0.2, 0.25) is 5.91 Å². The minimum atomic E-state index is 0.0304. The van der Waals surface area contributed by atoms with Crippen molar-refractivity contribution in [2.24, 2.45) is 23.5 Å². The Labute approximate surface area is 106 Å². The van der Waals surface area contributed by atoms with Gasteiger partial charge in [-0.25, -0.2) is 0 Å². The van der Waals surface area contributed by atoms with E-state index in [1.54, 1.807) is 0 Å². The fraction of sp³-hybridized carbons (Fsp3) is 0.929. The van der Waals surface area contributed by atoms with Crippen LogP contribution in [0.4, 0.5) is 0 Å². The third-order valence-corrected chi connectivity index (χ3v) is 3.83. The lowest BCUT2D eigenvalue weighted by atomic mass is 9.76. The van der Waals surface area contributed by atoms with Crippen molar-refractivity contribution >= 4 is 5.91 Å². The molecule has 0 aromatic rings. The summed E-state index contributed by atoms with van der Waals surface area (Å²) in [6, 6.07) is 0.0591. The molecule has 1 aliphatic carbocycles. The summed E-state index contributed by atoms with van der Waals surface area (Å²) in [5.41, 5.74) is 6.06. The van der Waals surface area contributed by atoms with Crippen molar-refractivity contribution in [3.05, 3.63) is 0 Å². The maximum absolute atomic E-state index is 12.1. The Morgan fingerprint density at radius 3 is 2.71 bits per heavy atom. The van der Waals surface area contributed by atoms with Crippen molar-refractivity contribution in [2.45, 2.75) is 58.9 Å². The molecule has 0 saturated heterocycles. The highest BCUT2D eigenvalue weighted by molar-refractivity contribution is 5.79. The maximum Gasteiger partial charge on any atom is 0.224 e. The standard InChI is InChI=1S/C14H28N2O/c1-10(2)6-5-9-16-14(17)13-11(3)7-4-8-12(13)15/h10-13H,4-9,15H2,1-3H3,(H,16,17). The SMILES string of the molecule is CC(C)CCCNC(=O)C1C(C)CCCC1N. The average molecular weight is 240 g/mol. The van der Waals surface area contributed by atoms with Crippen LogP contribution in [0.1, 0.15) is 52.9 Å². The predicted molar refractivity (Wildman–Crippen MR) is 71.6 cm³/mol. The van der Waals surface area contributed by atoms with Crippen LogP contribution in [-0.4, -0.2) is 18.5 Å². The van der Waals surface area contributed by atoms with Gasteiger partial charge in [-0.3, -0.25) is 4.79 Å². The van der Waals surface area contributed by atoms with E-state index in [1.807, 2.05) is 0 Å². The molecule has 3 atom stereocenters. The van der Waals surface area contributed by atoms with E-state index in [9.17, 15) is 4.79 Å². The highest BCUT2D eigenvalue weighted by Crippen LogP contribution is 2.28. The van der Waals surface area contributed by atoms with Crippen LogP contribution in [0.5, 0.6) is 0 Å². The number of carbonyl (C=O) groups is 1. The molecular formula is C14H28N2O. The minimum Gasteiger partial charge on any atom is -0.356 e. The van der Waals surface area contributed by atoms with Crippen LogP contribution in [-0.2, 0) is 4.79 Å². The fourth-order valence-corrected chi connectivity index (χ4v) is 2.75. The van der Waals surface area contributed by atoms with Crippen molar-refractivity contribution < 1.29 is 4.79 Å². The number of hydrogen-bond acceptors (Lipinski definition) is 2. The first-order chi connectivity index (χ1) is 8.02. The van der Waals surface area contributed by atoms with E-state index in [1.165, 1.54) is 12.8 Å².